The topological polar surface area (TPSA) is 28.2 Å². The second kappa shape index (κ2) is 6.68. The molecule has 0 saturated heterocycles. The van der Waals surface area contributed by atoms with Crippen molar-refractivity contribution in [3.63, 3.8) is 0 Å². The average Bonchev–Trinajstić information content (AvgIpc) is 3.20. The highest BCUT2D eigenvalue weighted by Gasteiger charge is 2.28. The van der Waals surface area contributed by atoms with Gasteiger partial charge >= 0.3 is 0 Å². The summed E-state index contributed by atoms with van der Waals surface area (Å²) in [7, 11) is 0. The van der Waals surface area contributed by atoms with Crippen LogP contribution in [0.4, 0.5) is 0 Å². The third-order valence-corrected chi connectivity index (χ3v) is 3.60. The van der Waals surface area contributed by atoms with Crippen LogP contribution in [-0.2, 0) is 13.1 Å². The molecule has 0 bridgehead atoms. The molecule has 3 nitrogen and oxygen atoms in total. The molecule has 1 fully saturated rings. The number of nitrogens with one attached hydrogen (secondary N) is 1. The normalized spacial score (nSPS) is 15.8. The van der Waals surface area contributed by atoms with Gasteiger partial charge in [0.1, 0.15) is 0 Å². The van der Waals surface area contributed by atoms with Crippen LogP contribution in [0.3, 0.4) is 0 Å². The van der Waals surface area contributed by atoms with Gasteiger partial charge in [0, 0.05) is 24.7 Å². The third-order valence-electron chi connectivity index (χ3n) is 3.60. The summed E-state index contributed by atoms with van der Waals surface area (Å²) < 4.78 is 0. The van der Waals surface area contributed by atoms with Gasteiger partial charge in [0.05, 0.1) is 11.4 Å². The molecule has 1 aromatic rings. The summed E-state index contributed by atoms with van der Waals surface area (Å²) in [4.78, 5) is 7.39. The molecule has 20 heavy (non-hydrogen) atoms. The molecule has 1 N–H and O–H groups in total. The molecule has 2 rings (SSSR count). The summed E-state index contributed by atoms with van der Waals surface area (Å²) in [6.45, 7) is 11.9. The van der Waals surface area contributed by atoms with E-state index in [2.05, 4.69) is 56.1 Å². The summed E-state index contributed by atoms with van der Waals surface area (Å²) >= 11 is 0. The van der Waals surface area contributed by atoms with Crippen LogP contribution in [0.5, 0.6) is 0 Å². The molecule has 112 valence electrons. The van der Waals surface area contributed by atoms with E-state index < -0.39 is 0 Å². The highest BCUT2D eigenvalue weighted by atomic mass is 15.2. The van der Waals surface area contributed by atoms with E-state index in [1.807, 2.05) is 0 Å². The zero-order chi connectivity index (χ0) is 14.6. The number of rotatable bonds is 7. The number of nitrogens with zero attached hydrogens (tertiary/aromatic N) is 2. The average molecular weight is 275 g/mol. The molecule has 0 unspecified atom stereocenters. The third kappa shape index (κ3) is 5.22. The second-order valence-corrected chi connectivity index (χ2v) is 6.93. The van der Waals surface area contributed by atoms with Crippen molar-refractivity contribution in [1.82, 2.24) is 15.2 Å². The maximum atomic E-state index is 4.80. The summed E-state index contributed by atoms with van der Waals surface area (Å²) in [5.74, 6) is 0. The Balaban J connectivity index is 1.94. The fourth-order valence-electron chi connectivity index (χ4n) is 2.40. The minimum atomic E-state index is 0.139. The van der Waals surface area contributed by atoms with Crippen LogP contribution in [0.25, 0.3) is 0 Å². The molecule has 3 heteroatoms. The van der Waals surface area contributed by atoms with Gasteiger partial charge < -0.3 is 5.32 Å². The van der Waals surface area contributed by atoms with E-state index in [0.29, 0.717) is 0 Å². The number of pyridine rings is 1. The van der Waals surface area contributed by atoms with Gasteiger partial charge in [-0.05, 0) is 58.7 Å². The first kappa shape index (κ1) is 15.5. The fraction of sp³-hybridized carbons (Fsp3) is 0.706. The zero-order valence-corrected chi connectivity index (χ0v) is 13.4. The number of hydrogen-bond acceptors (Lipinski definition) is 3. The Morgan fingerprint density at radius 1 is 1.25 bits per heavy atom. The first-order valence-corrected chi connectivity index (χ1v) is 7.92. The molecule has 1 aromatic heterocycles. The van der Waals surface area contributed by atoms with Gasteiger partial charge in [-0.15, -0.1) is 0 Å². The van der Waals surface area contributed by atoms with E-state index >= 15 is 0 Å². The quantitative estimate of drug-likeness (QED) is 0.827. The molecule has 0 aromatic carbocycles. The predicted molar refractivity (Wildman–Crippen MR) is 84.6 cm³/mol. The van der Waals surface area contributed by atoms with Crippen molar-refractivity contribution < 1.29 is 0 Å². The van der Waals surface area contributed by atoms with Crippen LogP contribution in [0, 0.1) is 0 Å². The van der Waals surface area contributed by atoms with Crippen molar-refractivity contribution in [2.75, 3.05) is 6.54 Å². The van der Waals surface area contributed by atoms with Crippen LogP contribution in [-0.4, -0.2) is 28.0 Å². The van der Waals surface area contributed by atoms with E-state index in [9.17, 15) is 0 Å². The summed E-state index contributed by atoms with van der Waals surface area (Å²) in [6.07, 6.45) is 3.96. The minimum absolute atomic E-state index is 0.139. The Morgan fingerprint density at radius 2 is 1.95 bits per heavy atom. The van der Waals surface area contributed by atoms with E-state index in [-0.39, 0.29) is 5.54 Å². The number of hydrogen-bond donors (Lipinski definition) is 1. The molecule has 0 spiro atoms. The standard InChI is InChI=1S/C17H29N3/c1-5-11-20(16-9-10-16)13-15-8-6-7-14(19-15)12-18-17(2,3)4/h6-8,16,18H,5,9-13H2,1-4H3. The van der Waals surface area contributed by atoms with Gasteiger partial charge in [-0.2, -0.15) is 0 Å². The second-order valence-electron chi connectivity index (χ2n) is 6.93. The van der Waals surface area contributed by atoms with Gasteiger partial charge in [-0.3, -0.25) is 9.88 Å². The lowest BCUT2D eigenvalue weighted by molar-refractivity contribution is 0.252. The maximum Gasteiger partial charge on any atom is 0.0547 e. The molecule has 1 aliphatic carbocycles. The van der Waals surface area contributed by atoms with Gasteiger partial charge in [0.15, 0.2) is 0 Å². The highest BCUT2D eigenvalue weighted by Crippen LogP contribution is 2.28. The molecular formula is C17H29N3. The monoisotopic (exact) mass is 275 g/mol. The van der Waals surface area contributed by atoms with Gasteiger partial charge in [0.2, 0.25) is 0 Å². The van der Waals surface area contributed by atoms with Crippen LogP contribution in [0.15, 0.2) is 18.2 Å². The molecule has 0 amide bonds. The van der Waals surface area contributed by atoms with Gasteiger partial charge in [0.25, 0.3) is 0 Å². The van der Waals surface area contributed by atoms with Crippen molar-refractivity contribution in [3.05, 3.63) is 29.6 Å². The van der Waals surface area contributed by atoms with Gasteiger partial charge in [-0.1, -0.05) is 13.0 Å². The minimum Gasteiger partial charge on any atom is -0.306 e. The summed E-state index contributed by atoms with van der Waals surface area (Å²) in [5, 5.41) is 3.50. The molecule has 1 saturated carbocycles. The summed E-state index contributed by atoms with van der Waals surface area (Å²) in [5.41, 5.74) is 2.49. The summed E-state index contributed by atoms with van der Waals surface area (Å²) in [6, 6.07) is 7.22. The van der Waals surface area contributed by atoms with Crippen molar-refractivity contribution in [2.45, 2.75) is 71.6 Å². The van der Waals surface area contributed by atoms with Crippen LogP contribution < -0.4 is 5.32 Å². The Bertz CT molecular complexity index is 418. The highest BCUT2D eigenvalue weighted by molar-refractivity contribution is 5.12. The zero-order valence-electron chi connectivity index (χ0n) is 13.4. The number of aromatic nitrogens is 1. The SMILES string of the molecule is CCCN(Cc1cccc(CNC(C)(C)C)n1)C1CC1. The molecule has 0 radical (unpaired) electrons. The molecule has 0 aliphatic heterocycles. The lowest BCUT2D eigenvalue weighted by atomic mass is 10.1. The smallest absolute Gasteiger partial charge is 0.0547 e. The van der Waals surface area contributed by atoms with Crippen molar-refractivity contribution in [3.8, 4) is 0 Å². The van der Waals surface area contributed by atoms with E-state index in [1.54, 1.807) is 0 Å². The van der Waals surface area contributed by atoms with Crippen molar-refractivity contribution in [2.24, 2.45) is 0 Å². The van der Waals surface area contributed by atoms with Crippen molar-refractivity contribution >= 4 is 0 Å². The lowest BCUT2D eigenvalue weighted by Gasteiger charge is -2.22. The first-order valence-electron chi connectivity index (χ1n) is 7.92. The Morgan fingerprint density at radius 3 is 2.55 bits per heavy atom. The van der Waals surface area contributed by atoms with Crippen LogP contribution in [0.1, 0.15) is 58.3 Å². The molecular weight excluding hydrogens is 246 g/mol. The van der Waals surface area contributed by atoms with Crippen LogP contribution in [0.2, 0.25) is 0 Å². The molecule has 1 heterocycles. The molecule has 0 atom stereocenters. The first-order chi connectivity index (χ1) is 9.48. The fourth-order valence-corrected chi connectivity index (χ4v) is 2.40. The Labute approximate surface area is 123 Å². The largest absolute Gasteiger partial charge is 0.306 e. The Hall–Kier alpha value is -0.930. The van der Waals surface area contributed by atoms with Crippen molar-refractivity contribution in [1.29, 1.82) is 0 Å². The van der Waals surface area contributed by atoms with E-state index in [0.717, 1.165) is 24.8 Å². The predicted octanol–water partition coefficient (Wildman–Crippen LogP) is 3.34. The van der Waals surface area contributed by atoms with E-state index in [4.69, 9.17) is 4.98 Å². The maximum absolute atomic E-state index is 4.80. The van der Waals surface area contributed by atoms with Gasteiger partial charge in [-0.25, -0.2) is 0 Å². The van der Waals surface area contributed by atoms with E-state index in [1.165, 1.54) is 31.5 Å². The molecule has 1 aliphatic rings. The Kier molecular flexibility index (Phi) is 5.17. The lowest BCUT2D eigenvalue weighted by Crippen LogP contribution is -2.35. The van der Waals surface area contributed by atoms with Crippen LogP contribution >= 0.6 is 0 Å².